The summed E-state index contributed by atoms with van der Waals surface area (Å²) in [6, 6.07) is 21.0. The molecule has 0 amide bonds. The number of benzene rings is 3. The van der Waals surface area contributed by atoms with Gasteiger partial charge in [-0.1, -0.05) is 42.5 Å². The monoisotopic (exact) mass is 343 g/mol. The van der Waals surface area contributed by atoms with Crippen LogP contribution >= 0.6 is 0 Å². The van der Waals surface area contributed by atoms with Crippen LogP contribution in [0.1, 0.15) is 12.5 Å². The Morgan fingerprint density at radius 3 is 2.54 bits per heavy atom. The van der Waals surface area contributed by atoms with Gasteiger partial charge in [0.1, 0.15) is 5.82 Å². The minimum atomic E-state index is 0.200. The summed E-state index contributed by atoms with van der Waals surface area (Å²) in [4.78, 5) is 10.7. The van der Waals surface area contributed by atoms with Gasteiger partial charge in [0.15, 0.2) is 0 Å². The molecule has 0 aliphatic carbocycles. The van der Waals surface area contributed by atoms with Crippen molar-refractivity contribution in [2.75, 3.05) is 22.9 Å². The smallest absolute Gasteiger partial charge is 0.222 e. The van der Waals surface area contributed by atoms with E-state index in [0.29, 0.717) is 5.82 Å². The van der Waals surface area contributed by atoms with Gasteiger partial charge in [0.2, 0.25) is 5.95 Å². The Bertz CT molecular complexity index is 1080. The maximum atomic E-state index is 6.04. The molecule has 0 fully saturated rings. The molecule has 0 unspecified atom stereocenters. The molecule has 3 aromatic carbocycles. The minimum absolute atomic E-state index is 0.200. The third-order valence-corrected chi connectivity index (χ3v) is 4.71. The van der Waals surface area contributed by atoms with Gasteiger partial charge in [-0.2, -0.15) is 4.98 Å². The molecule has 0 aliphatic heterocycles. The van der Waals surface area contributed by atoms with Crippen LogP contribution < -0.4 is 16.4 Å². The SMILES string of the molecule is CCN(Cc1cccc2ccccc12)c1ccc2nc(N)nc(N)c2c1. The van der Waals surface area contributed by atoms with Crippen molar-refractivity contribution >= 4 is 39.1 Å². The standard InChI is InChI=1S/C21H21N5/c1-2-26(13-15-8-5-7-14-6-3-4-9-17(14)15)16-10-11-19-18(12-16)20(22)25-21(23)24-19/h3-12H,2,13H2,1H3,(H4,22,23,24,25). The fraction of sp³-hybridized carbons (Fsp3) is 0.143. The van der Waals surface area contributed by atoms with E-state index in [4.69, 9.17) is 11.5 Å². The van der Waals surface area contributed by atoms with Crippen molar-refractivity contribution in [2.24, 2.45) is 0 Å². The molecular weight excluding hydrogens is 322 g/mol. The number of nitrogens with two attached hydrogens (primary N) is 2. The molecule has 0 atom stereocenters. The summed E-state index contributed by atoms with van der Waals surface area (Å²) in [6.07, 6.45) is 0. The first kappa shape index (κ1) is 16.1. The van der Waals surface area contributed by atoms with Gasteiger partial charge < -0.3 is 16.4 Å². The maximum Gasteiger partial charge on any atom is 0.222 e. The molecule has 0 spiro atoms. The van der Waals surface area contributed by atoms with E-state index in [2.05, 4.69) is 70.3 Å². The largest absolute Gasteiger partial charge is 0.383 e. The summed E-state index contributed by atoms with van der Waals surface area (Å²) >= 11 is 0. The third kappa shape index (κ3) is 2.88. The first-order valence-electron chi connectivity index (χ1n) is 8.70. The molecule has 4 rings (SSSR count). The number of fused-ring (bicyclic) bond motifs is 2. The molecular formula is C21H21N5. The van der Waals surface area contributed by atoms with Gasteiger partial charge in [0, 0.05) is 24.2 Å². The van der Waals surface area contributed by atoms with Gasteiger partial charge in [-0.3, -0.25) is 0 Å². The predicted octanol–water partition coefficient (Wildman–Crippen LogP) is 3.97. The highest BCUT2D eigenvalue weighted by Gasteiger charge is 2.11. The average Bonchev–Trinajstić information content (AvgIpc) is 2.66. The fourth-order valence-electron chi connectivity index (χ4n) is 3.38. The Labute approximate surface area is 152 Å². The van der Waals surface area contributed by atoms with Gasteiger partial charge in [-0.25, -0.2) is 4.98 Å². The summed E-state index contributed by atoms with van der Waals surface area (Å²) in [7, 11) is 0. The number of hydrogen-bond donors (Lipinski definition) is 2. The molecule has 4 N–H and O–H groups in total. The van der Waals surface area contributed by atoms with E-state index >= 15 is 0 Å². The Hall–Kier alpha value is -3.34. The van der Waals surface area contributed by atoms with Crippen LogP contribution in [0.4, 0.5) is 17.5 Å². The summed E-state index contributed by atoms with van der Waals surface area (Å²) in [5, 5.41) is 3.37. The molecule has 1 heterocycles. The van der Waals surface area contributed by atoms with E-state index in [-0.39, 0.29) is 5.95 Å². The van der Waals surface area contributed by atoms with Crippen molar-refractivity contribution in [2.45, 2.75) is 13.5 Å². The van der Waals surface area contributed by atoms with E-state index in [0.717, 1.165) is 29.7 Å². The molecule has 130 valence electrons. The normalized spacial score (nSPS) is 11.1. The van der Waals surface area contributed by atoms with E-state index in [1.54, 1.807) is 0 Å². The quantitative estimate of drug-likeness (QED) is 0.586. The Morgan fingerprint density at radius 2 is 1.69 bits per heavy atom. The Kier molecular flexibility index (Phi) is 4.05. The van der Waals surface area contributed by atoms with Crippen molar-refractivity contribution in [3.63, 3.8) is 0 Å². The second-order valence-electron chi connectivity index (χ2n) is 6.32. The van der Waals surface area contributed by atoms with Gasteiger partial charge in [0.05, 0.1) is 5.52 Å². The molecule has 0 radical (unpaired) electrons. The second kappa shape index (κ2) is 6.52. The second-order valence-corrected chi connectivity index (χ2v) is 6.32. The zero-order chi connectivity index (χ0) is 18.1. The van der Waals surface area contributed by atoms with Gasteiger partial charge in [0.25, 0.3) is 0 Å². The molecule has 26 heavy (non-hydrogen) atoms. The van der Waals surface area contributed by atoms with Crippen molar-refractivity contribution in [1.29, 1.82) is 0 Å². The minimum Gasteiger partial charge on any atom is -0.383 e. The number of rotatable bonds is 4. The predicted molar refractivity (Wildman–Crippen MR) is 109 cm³/mol. The highest BCUT2D eigenvalue weighted by Crippen LogP contribution is 2.27. The number of nitrogens with zero attached hydrogens (tertiary/aromatic N) is 3. The van der Waals surface area contributed by atoms with E-state index in [1.165, 1.54) is 16.3 Å². The van der Waals surface area contributed by atoms with Crippen LogP contribution in [0.3, 0.4) is 0 Å². The maximum absolute atomic E-state index is 6.04. The number of hydrogen-bond acceptors (Lipinski definition) is 5. The fourth-order valence-corrected chi connectivity index (χ4v) is 3.38. The molecule has 0 aliphatic rings. The number of aromatic nitrogens is 2. The highest BCUT2D eigenvalue weighted by molar-refractivity contribution is 5.92. The first-order chi connectivity index (χ1) is 12.7. The molecule has 4 aromatic rings. The van der Waals surface area contributed by atoms with Gasteiger partial charge >= 0.3 is 0 Å². The van der Waals surface area contributed by atoms with Gasteiger partial charge in [-0.15, -0.1) is 0 Å². The van der Waals surface area contributed by atoms with Crippen molar-refractivity contribution in [3.8, 4) is 0 Å². The van der Waals surface area contributed by atoms with Crippen LogP contribution in [0.15, 0.2) is 60.7 Å². The zero-order valence-corrected chi connectivity index (χ0v) is 14.7. The highest BCUT2D eigenvalue weighted by atomic mass is 15.1. The lowest BCUT2D eigenvalue weighted by atomic mass is 10.0. The van der Waals surface area contributed by atoms with E-state index in [1.807, 2.05) is 12.1 Å². The molecule has 1 aromatic heterocycles. The summed E-state index contributed by atoms with van der Waals surface area (Å²) in [6.45, 7) is 3.85. The Morgan fingerprint density at radius 1 is 0.885 bits per heavy atom. The van der Waals surface area contributed by atoms with Crippen molar-refractivity contribution in [3.05, 3.63) is 66.2 Å². The summed E-state index contributed by atoms with van der Waals surface area (Å²) < 4.78 is 0. The zero-order valence-electron chi connectivity index (χ0n) is 14.7. The lowest BCUT2D eigenvalue weighted by molar-refractivity contribution is 0.837. The number of anilines is 3. The van der Waals surface area contributed by atoms with Crippen LogP contribution in [0, 0.1) is 0 Å². The molecule has 0 bridgehead atoms. The van der Waals surface area contributed by atoms with Crippen molar-refractivity contribution < 1.29 is 0 Å². The number of nitrogen functional groups attached to an aromatic ring is 2. The van der Waals surface area contributed by atoms with Gasteiger partial charge in [-0.05, 0) is 41.5 Å². The van der Waals surface area contributed by atoms with Crippen LogP contribution in [0.2, 0.25) is 0 Å². The van der Waals surface area contributed by atoms with Crippen LogP contribution in [-0.2, 0) is 6.54 Å². The average molecular weight is 343 g/mol. The van der Waals surface area contributed by atoms with E-state index in [9.17, 15) is 0 Å². The van der Waals surface area contributed by atoms with E-state index < -0.39 is 0 Å². The van der Waals surface area contributed by atoms with Crippen LogP contribution in [0.25, 0.3) is 21.7 Å². The molecule has 5 heteroatoms. The lowest BCUT2D eigenvalue weighted by Crippen LogP contribution is -2.22. The summed E-state index contributed by atoms with van der Waals surface area (Å²) in [5.74, 6) is 0.612. The first-order valence-corrected chi connectivity index (χ1v) is 8.70. The molecule has 5 nitrogen and oxygen atoms in total. The molecule has 0 saturated carbocycles. The van der Waals surface area contributed by atoms with Crippen LogP contribution in [0.5, 0.6) is 0 Å². The Balaban J connectivity index is 1.74. The third-order valence-electron chi connectivity index (χ3n) is 4.71. The van der Waals surface area contributed by atoms with Crippen molar-refractivity contribution in [1.82, 2.24) is 9.97 Å². The topological polar surface area (TPSA) is 81.1 Å². The lowest BCUT2D eigenvalue weighted by Gasteiger charge is -2.24. The van der Waals surface area contributed by atoms with Crippen LogP contribution in [-0.4, -0.2) is 16.5 Å². The molecule has 0 saturated heterocycles. The summed E-state index contributed by atoms with van der Waals surface area (Å²) in [5.41, 5.74) is 14.9.